The number of likely N-dealkylation sites (tertiary alicyclic amines) is 1. The molecule has 3 N–H and O–H groups in total. The van der Waals surface area contributed by atoms with Gasteiger partial charge in [0.2, 0.25) is 0 Å². The molecule has 6 nitrogen and oxygen atoms in total. The second-order valence-corrected chi connectivity index (χ2v) is 7.39. The molecule has 3 aliphatic rings. The quantitative estimate of drug-likeness (QED) is 0.658. The van der Waals surface area contributed by atoms with E-state index >= 15 is 0 Å². The molecular formula is C17H32N2O4. The van der Waals surface area contributed by atoms with Gasteiger partial charge in [0.1, 0.15) is 12.2 Å². The van der Waals surface area contributed by atoms with E-state index in [9.17, 15) is 10.2 Å². The minimum Gasteiger partial charge on any atom is -0.394 e. The van der Waals surface area contributed by atoms with Crippen molar-refractivity contribution in [3.05, 3.63) is 0 Å². The Labute approximate surface area is 139 Å². The van der Waals surface area contributed by atoms with E-state index in [1.165, 1.54) is 12.8 Å². The number of rotatable bonds is 5. The third-order valence-corrected chi connectivity index (χ3v) is 5.71. The van der Waals surface area contributed by atoms with E-state index in [0.29, 0.717) is 6.04 Å². The Hall–Kier alpha value is -0.240. The van der Waals surface area contributed by atoms with Crippen molar-refractivity contribution in [1.82, 2.24) is 10.2 Å². The molecule has 3 rings (SSSR count). The molecule has 0 aromatic heterocycles. The fraction of sp³-hybridized carbons (Fsp3) is 1.00. The van der Waals surface area contributed by atoms with Gasteiger partial charge in [0, 0.05) is 25.8 Å². The van der Waals surface area contributed by atoms with Crippen LogP contribution in [-0.2, 0) is 9.47 Å². The molecule has 0 unspecified atom stereocenters. The molecule has 0 aliphatic carbocycles. The van der Waals surface area contributed by atoms with Gasteiger partial charge in [-0.2, -0.15) is 0 Å². The highest BCUT2D eigenvalue weighted by Gasteiger charge is 2.46. The number of ether oxygens (including phenoxy) is 2. The molecule has 0 amide bonds. The van der Waals surface area contributed by atoms with Crippen molar-refractivity contribution in [2.24, 2.45) is 5.92 Å². The van der Waals surface area contributed by atoms with Crippen molar-refractivity contribution in [2.45, 2.75) is 63.0 Å². The number of aliphatic hydroxyl groups is 2. The van der Waals surface area contributed by atoms with E-state index in [1.54, 1.807) is 0 Å². The number of nitrogens with zero attached hydrogens (tertiary/aromatic N) is 1. The SMILES string of the molecule is CC1CCN([C@@H]2[C@H](O)[C@H](CO)O[C@@H]2CNC2CCOCC2)CC1. The second-order valence-electron chi connectivity index (χ2n) is 7.39. The average molecular weight is 328 g/mol. The molecule has 0 aromatic carbocycles. The Balaban J connectivity index is 1.58. The van der Waals surface area contributed by atoms with Gasteiger partial charge in [-0.1, -0.05) is 6.92 Å². The van der Waals surface area contributed by atoms with Crippen LogP contribution in [-0.4, -0.2) is 85.0 Å². The van der Waals surface area contributed by atoms with Crippen LogP contribution < -0.4 is 5.32 Å². The van der Waals surface area contributed by atoms with Gasteiger partial charge in [0.15, 0.2) is 0 Å². The lowest BCUT2D eigenvalue weighted by Gasteiger charge is -2.38. The van der Waals surface area contributed by atoms with Gasteiger partial charge in [-0.05, 0) is 44.7 Å². The molecular weight excluding hydrogens is 296 g/mol. The van der Waals surface area contributed by atoms with Crippen molar-refractivity contribution in [3.8, 4) is 0 Å². The molecule has 0 saturated carbocycles. The molecule has 3 fully saturated rings. The van der Waals surface area contributed by atoms with Gasteiger partial charge in [-0.25, -0.2) is 0 Å². The molecule has 3 saturated heterocycles. The van der Waals surface area contributed by atoms with Crippen molar-refractivity contribution in [2.75, 3.05) is 39.5 Å². The summed E-state index contributed by atoms with van der Waals surface area (Å²) in [5, 5.41) is 23.7. The molecule has 134 valence electrons. The van der Waals surface area contributed by atoms with E-state index in [4.69, 9.17) is 9.47 Å². The highest BCUT2D eigenvalue weighted by atomic mass is 16.5. The zero-order valence-electron chi connectivity index (χ0n) is 14.2. The lowest BCUT2D eigenvalue weighted by atomic mass is 9.94. The maximum Gasteiger partial charge on any atom is 0.109 e. The maximum atomic E-state index is 10.6. The van der Waals surface area contributed by atoms with Gasteiger partial charge < -0.3 is 25.0 Å². The molecule has 4 atom stereocenters. The first-order valence-electron chi connectivity index (χ1n) is 9.18. The van der Waals surface area contributed by atoms with Crippen LogP contribution in [0.15, 0.2) is 0 Å². The second kappa shape index (κ2) is 8.23. The summed E-state index contributed by atoms with van der Waals surface area (Å²) in [6, 6.07) is 0.465. The summed E-state index contributed by atoms with van der Waals surface area (Å²) in [6.45, 7) is 6.57. The minimum absolute atomic E-state index is 0.00742. The van der Waals surface area contributed by atoms with Crippen LogP contribution in [0.4, 0.5) is 0 Å². The van der Waals surface area contributed by atoms with Crippen LogP contribution in [0.2, 0.25) is 0 Å². The topological polar surface area (TPSA) is 74.2 Å². The highest BCUT2D eigenvalue weighted by Crippen LogP contribution is 2.29. The number of hydrogen-bond donors (Lipinski definition) is 3. The van der Waals surface area contributed by atoms with E-state index in [2.05, 4.69) is 17.1 Å². The van der Waals surface area contributed by atoms with Crippen LogP contribution in [0.1, 0.15) is 32.6 Å². The molecule has 6 heteroatoms. The normalized spacial score (nSPS) is 38.2. The van der Waals surface area contributed by atoms with Gasteiger partial charge >= 0.3 is 0 Å². The molecule has 0 aromatic rings. The fourth-order valence-electron chi connectivity index (χ4n) is 4.11. The summed E-state index contributed by atoms with van der Waals surface area (Å²) < 4.78 is 11.4. The minimum atomic E-state index is -0.602. The Bertz CT molecular complexity index is 357. The molecule has 0 spiro atoms. The standard InChI is InChI=1S/C17H32N2O4/c1-12-2-6-19(7-3-12)16-14(23-15(11-20)17(16)21)10-18-13-4-8-22-9-5-13/h12-18,20-21H,2-11H2,1H3/t14-,15+,16+,17-/m1/s1. The largest absolute Gasteiger partial charge is 0.394 e. The van der Waals surface area contributed by atoms with Crippen LogP contribution in [0.3, 0.4) is 0 Å². The van der Waals surface area contributed by atoms with Gasteiger partial charge in [-0.3, -0.25) is 4.90 Å². The number of nitrogens with one attached hydrogen (secondary N) is 1. The first-order valence-corrected chi connectivity index (χ1v) is 9.18. The molecule has 0 radical (unpaired) electrons. The van der Waals surface area contributed by atoms with Crippen molar-refractivity contribution in [1.29, 1.82) is 0 Å². The Morgan fingerprint density at radius 1 is 1.09 bits per heavy atom. The van der Waals surface area contributed by atoms with Gasteiger partial charge in [0.05, 0.1) is 18.8 Å². The van der Waals surface area contributed by atoms with Crippen LogP contribution in [0, 0.1) is 5.92 Å². The van der Waals surface area contributed by atoms with Crippen LogP contribution >= 0.6 is 0 Å². The lowest BCUT2D eigenvalue weighted by molar-refractivity contribution is -0.0230. The highest BCUT2D eigenvalue weighted by molar-refractivity contribution is 4.99. The Morgan fingerprint density at radius 3 is 2.43 bits per heavy atom. The lowest BCUT2D eigenvalue weighted by Crippen LogP contribution is -2.53. The predicted octanol–water partition coefficient (Wildman–Crippen LogP) is -0.0239. The predicted molar refractivity (Wildman–Crippen MR) is 87.4 cm³/mol. The zero-order chi connectivity index (χ0) is 16.2. The fourth-order valence-corrected chi connectivity index (χ4v) is 4.11. The number of aliphatic hydroxyl groups excluding tert-OH is 2. The first-order chi connectivity index (χ1) is 11.2. The maximum absolute atomic E-state index is 10.6. The van der Waals surface area contributed by atoms with Crippen molar-refractivity contribution < 1.29 is 19.7 Å². The van der Waals surface area contributed by atoms with Crippen LogP contribution in [0.5, 0.6) is 0 Å². The molecule has 3 aliphatic heterocycles. The monoisotopic (exact) mass is 328 g/mol. The summed E-state index contributed by atoms with van der Waals surface area (Å²) in [7, 11) is 0. The Morgan fingerprint density at radius 2 is 1.78 bits per heavy atom. The summed E-state index contributed by atoms with van der Waals surface area (Å²) in [5.41, 5.74) is 0. The van der Waals surface area contributed by atoms with E-state index in [-0.39, 0.29) is 18.8 Å². The van der Waals surface area contributed by atoms with Gasteiger partial charge in [0.25, 0.3) is 0 Å². The summed E-state index contributed by atoms with van der Waals surface area (Å²) >= 11 is 0. The van der Waals surface area contributed by atoms with E-state index in [1.807, 2.05) is 0 Å². The van der Waals surface area contributed by atoms with Gasteiger partial charge in [-0.15, -0.1) is 0 Å². The summed E-state index contributed by atoms with van der Waals surface area (Å²) in [4.78, 5) is 2.37. The average Bonchev–Trinajstić information content (AvgIpc) is 2.90. The van der Waals surface area contributed by atoms with E-state index < -0.39 is 12.2 Å². The molecule has 23 heavy (non-hydrogen) atoms. The van der Waals surface area contributed by atoms with Crippen LogP contribution in [0.25, 0.3) is 0 Å². The Kier molecular flexibility index (Phi) is 6.29. The summed E-state index contributed by atoms with van der Waals surface area (Å²) in [6.07, 6.45) is 3.30. The first kappa shape index (κ1) is 17.6. The smallest absolute Gasteiger partial charge is 0.109 e. The number of piperidine rings is 1. The molecule has 3 heterocycles. The number of hydrogen-bond acceptors (Lipinski definition) is 6. The summed E-state index contributed by atoms with van der Waals surface area (Å²) in [5.74, 6) is 0.762. The third-order valence-electron chi connectivity index (χ3n) is 5.71. The zero-order valence-corrected chi connectivity index (χ0v) is 14.2. The van der Waals surface area contributed by atoms with E-state index in [0.717, 1.165) is 51.6 Å². The molecule has 0 bridgehead atoms. The van der Waals surface area contributed by atoms with Crippen molar-refractivity contribution in [3.63, 3.8) is 0 Å². The third kappa shape index (κ3) is 4.24. The van der Waals surface area contributed by atoms with Crippen molar-refractivity contribution >= 4 is 0 Å².